The number of carbonyl (C=O) groups excluding carboxylic acids is 2. The Kier molecular flexibility index (Phi) is 5.45. The van der Waals surface area contributed by atoms with Gasteiger partial charge in [0, 0.05) is 30.2 Å². The van der Waals surface area contributed by atoms with Gasteiger partial charge in [-0.3, -0.25) is 14.9 Å². The summed E-state index contributed by atoms with van der Waals surface area (Å²) in [7, 11) is 1.49. The number of nitrogens with one attached hydrogen (secondary N) is 2. The third-order valence-corrected chi connectivity index (χ3v) is 4.64. The third kappa shape index (κ3) is 4.11. The normalized spacial score (nSPS) is 18.7. The number of carbonyl (C=O) groups is 2. The van der Waals surface area contributed by atoms with E-state index < -0.39 is 0 Å². The highest BCUT2D eigenvalue weighted by atomic mass is 16.5. The molecule has 1 fully saturated rings. The molecule has 2 aromatic carbocycles. The van der Waals surface area contributed by atoms with E-state index in [1.807, 2.05) is 43.3 Å². The van der Waals surface area contributed by atoms with E-state index in [2.05, 4.69) is 10.6 Å². The first-order valence-electron chi connectivity index (χ1n) is 8.69. The average molecular weight is 366 g/mol. The van der Waals surface area contributed by atoms with Crippen LogP contribution in [-0.4, -0.2) is 24.0 Å². The van der Waals surface area contributed by atoms with Crippen molar-refractivity contribution in [1.29, 1.82) is 0 Å². The summed E-state index contributed by atoms with van der Waals surface area (Å²) in [6.07, 6.45) is 0.230. The predicted molar refractivity (Wildman–Crippen MR) is 101 cm³/mol. The van der Waals surface area contributed by atoms with Crippen molar-refractivity contribution in [3.63, 3.8) is 0 Å². The predicted octanol–water partition coefficient (Wildman–Crippen LogP) is 2.59. The van der Waals surface area contributed by atoms with Gasteiger partial charge in [0.25, 0.3) is 5.91 Å². The lowest BCUT2D eigenvalue weighted by Gasteiger charge is -2.27. The lowest BCUT2D eigenvalue weighted by atomic mass is 9.84. The van der Waals surface area contributed by atoms with Crippen LogP contribution in [0.15, 0.2) is 59.8 Å². The SMILES string of the molecule is COc1ccc(CNC(C)=C2C(=O)NC(=O)CC2c2ccccc2)cc1O. The van der Waals surface area contributed by atoms with Gasteiger partial charge in [0.15, 0.2) is 11.5 Å². The van der Waals surface area contributed by atoms with Crippen LogP contribution in [0.2, 0.25) is 0 Å². The number of ether oxygens (including phenoxy) is 1. The van der Waals surface area contributed by atoms with Gasteiger partial charge in [-0.15, -0.1) is 0 Å². The number of imide groups is 1. The van der Waals surface area contributed by atoms with E-state index in [9.17, 15) is 14.7 Å². The summed E-state index contributed by atoms with van der Waals surface area (Å²) in [5.74, 6) is -0.467. The minimum absolute atomic E-state index is 0.0604. The number of rotatable bonds is 5. The molecule has 3 N–H and O–H groups in total. The van der Waals surface area contributed by atoms with Gasteiger partial charge in [-0.25, -0.2) is 0 Å². The first-order valence-corrected chi connectivity index (χ1v) is 8.69. The molecule has 2 aromatic rings. The molecule has 1 saturated heterocycles. The second-order valence-electron chi connectivity index (χ2n) is 6.44. The van der Waals surface area contributed by atoms with E-state index in [0.717, 1.165) is 11.1 Å². The highest BCUT2D eigenvalue weighted by molar-refractivity contribution is 6.09. The zero-order chi connectivity index (χ0) is 19.4. The first-order chi connectivity index (χ1) is 13.0. The number of hydrogen-bond donors (Lipinski definition) is 3. The lowest BCUT2D eigenvalue weighted by molar-refractivity contribution is -0.130. The van der Waals surface area contributed by atoms with Crippen LogP contribution in [0.5, 0.6) is 11.5 Å². The van der Waals surface area contributed by atoms with E-state index in [1.165, 1.54) is 7.11 Å². The molecular weight excluding hydrogens is 344 g/mol. The van der Waals surface area contributed by atoms with Crippen molar-refractivity contribution in [2.75, 3.05) is 7.11 Å². The fourth-order valence-corrected chi connectivity index (χ4v) is 3.27. The number of benzene rings is 2. The van der Waals surface area contributed by atoms with E-state index in [-0.39, 0.29) is 29.9 Å². The van der Waals surface area contributed by atoms with Crippen molar-refractivity contribution in [3.8, 4) is 11.5 Å². The molecule has 0 aliphatic carbocycles. The maximum Gasteiger partial charge on any atom is 0.256 e. The van der Waals surface area contributed by atoms with Crippen molar-refractivity contribution in [3.05, 3.63) is 70.9 Å². The third-order valence-electron chi connectivity index (χ3n) is 4.64. The molecule has 0 aromatic heterocycles. The van der Waals surface area contributed by atoms with Crippen molar-refractivity contribution >= 4 is 11.8 Å². The van der Waals surface area contributed by atoms with Crippen LogP contribution in [0.1, 0.15) is 30.4 Å². The number of phenolic OH excluding ortho intramolecular Hbond substituents is 1. The smallest absolute Gasteiger partial charge is 0.256 e. The van der Waals surface area contributed by atoms with Gasteiger partial charge in [-0.05, 0) is 30.2 Å². The minimum Gasteiger partial charge on any atom is -0.504 e. The van der Waals surface area contributed by atoms with Crippen molar-refractivity contribution in [2.24, 2.45) is 0 Å². The summed E-state index contributed by atoms with van der Waals surface area (Å²) in [5, 5.41) is 15.5. The van der Waals surface area contributed by atoms with Crippen LogP contribution >= 0.6 is 0 Å². The Morgan fingerprint density at radius 3 is 2.63 bits per heavy atom. The van der Waals surface area contributed by atoms with Crippen LogP contribution in [0.25, 0.3) is 0 Å². The highest BCUT2D eigenvalue weighted by Gasteiger charge is 2.33. The van der Waals surface area contributed by atoms with Crippen molar-refractivity contribution in [1.82, 2.24) is 10.6 Å². The van der Waals surface area contributed by atoms with Crippen LogP contribution in [0.3, 0.4) is 0 Å². The average Bonchev–Trinajstić information content (AvgIpc) is 2.66. The van der Waals surface area contributed by atoms with Gasteiger partial charge in [-0.1, -0.05) is 36.4 Å². The number of piperidine rings is 1. The second kappa shape index (κ2) is 7.95. The van der Waals surface area contributed by atoms with E-state index >= 15 is 0 Å². The van der Waals surface area contributed by atoms with Gasteiger partial charge in [-0.2, -0.15) is 0 Å². The summed E-state index contributed by atoms with van der Waals surface area (Å²) in [4.78, 5) is 24.4. The Morgan fingerprint density at radius 1 is 1.22 bits per heavy atom. The van der Waals surface area contributed by atoms with E-state index in [4.69, 9.17) is 4.74 Å². The number of allylic oxidation sites excluding steroid dienone is 1. The fraction of sp³-hybridized carbons (Fsp3) is 0.238. The van der Waals surface area contributed by atoms with Crippen molar-refractivity contribution < 1.29 is 19.4 Å². The minimum atomic E-state index is -0.373. The molecule has 1 aliphatic heterocycles. The summed E-state index contributed by atoms with van der Waals surface area (Å²) in [5.41, 5.74) is 3.03. The molecule has 1 atom stereocenters. The summed E-state index contributed by atoms with van der Waals surface area (Å²) >= 11 is 0. The Hall–Kier alpha value is -3.28. The molecule has 3 rings (SSSR count). The van der Waals surface area contributed by atoms with Gasteiger partial charge in [0.05, 0.1) is 7.11 Å². The van der Waals surface area contributed by atoms with E-state index in [0.29, 0.717) is 23.6 Å². The lowest BCUT2D eigenvalue weighted by Crippen LogP contribution is -2.41. The monoisotopic (exact) mass is 366 g/mol. The molecule has 6 nitrogen and oxygen atoms in total. The highest BCUT2D eigenvalue weighted by Crippen LogP contribution is 2.32. The Labute approximate surface area is 157 Å². The number of aromatic hydroxyl groups is 1. The molecule has 0 radical (unpaired) electrons. The van der Waals surface area contributed by atoms with Gasteiger partial charge in [0.1, 0.15) is 0 Å². The van der Waals surface area contributed by atoms with Crippen LogP contribution in [-0.2, 0) is 16.1 Å². The molecular formula is C21H22N2O4. The Bertz CT molecular complexity index is 890. The largest absolute Gasteiger partial charge is 0.504 e. The summed E-state index contributed by atoms with van der Waals surface area (Å²) in [6, 6.07) is 14.7. The quantitative estimate of drug-likeness (QED) is 0.559. The Balaban J connectivity index is 1.85. The molecule has 27 heavy (non-hydrogen) atoms. The standard InChI is InChI=1S/C21H22N2O4/c1-13(22-12-14-8-9-18(27-2)17(24)10-14)20-16(11-19(25)23-21(20)26)15-6-4-3-5-7-15/h3-10,16,22,24H,11-12H2,1-2H3,(H,23,25,26). The topological polar surface area (TPSA) is 87.7 Å². The molecule has 0 spiro atoms. The van der Waals surface area contributed by atoms with Gasteiger partial charge < -0.3 is 15.2 Å². The maximum atomic E-state index is 12.5. The molecule has 1 heterocycles. The second-order valence-corrected chi connectivity index (χ2v) is 6.44. The molecule has 0 saturated carbocycles. The summed E-state index contributed by atoms with van der Waals surface area (Å²) in [6.45, 7) is 2.25. The molecule has 2 amide bonds. The zero-order valence-electron chi connectivity index (χ0n) is 15.3. The van der Waals surface area contributed by atoms with Crippen LogP contribution in [0, 0.1) is 0 Å². The molecule has 1 aliphatic rings. The molecule has 0 bridgehead atoms. The maximum absolute atomic E-state index is 12.5. The number of hydrogen-bond acceptors (Lipinski definition) is 5. The molecule has 6 heteroatoms. The number of phenols is 1. The number of amides is 2. The Morgan fingerprint density at radius 2 is 1.96 bits per heavy atom. The zero-order valence-corrected chi connectivity index (χ0v) is 15.3. The van der Waals surface area contributed by atoms with Crippen molar-refractivity contribution in [2.45, 2.75) is 25.8 Å². The van der Waals surface area contributed by atoms with E-state index in [1.54, 1.807) is 12.1 Å². The van der Waals surface area contributed by atoms with Crippen LogP contribution in [0.4, 0.5) is 0 Å². The van der Waals surface area contributed by atoms with Crippen LogP contribution < -0.4 is 15.4 Å². The summed E-state index contributed by atoms with van der Waals surface area (Å²) < 4.78 is 5.04. The molecule has 140 valence electrons. The number of methoxy groups -OCH3 is 1. The van der Waals surface area contributed by atoms with Gasteiger partial charge in [0.2, 0.25) is 5.91 Å². The molecule has 1 unspecified atom stereocenters. The first kappa shape index (κ1) is 18.5. The van der Waals surface area contributed by atoms with Gasteiger partial charge >= 0.3 is 0 Å². The fourth-order valence-electron chi connectivity index (χ4n) is 3.27.